The van der Waals surface area contributed by atoms with Crippen LogP contribution in [0, 0.1) is 5.92 Å². The van der Waals surface area contributed by atoms with Gasteiger partial charge in [0.05, 0.1) is 18.2 Å². The molecule has 0 radical (unpaired) electrons. The van der Waals surface area contributed by atoms with E-state index < -0.39 is 0 Å². The van der Waals surface area contributed by atoms with E-state index in [2.05, 4.69) is 34.1 Å². The fourth-order valence-corrected chi connectivity index (χ4v) is 2.42. The molecule has 5 heteroatoms. The molecule has 0 amide bonds. The third kappa shape index (κ3) is 3.29. The second-order valence-electron chi connectivity index (χ2n) is 5.83. The van der Waals surface area contributed by atoms with Gasteiger partial charge in [-0.05, 0) is 30.2 Å². The van der Waals surface area contributed by atoms with E-state index in [1.165, 1.54) is 0 Å². The molecule has 5 nitrogen and oxygen atoms in total. The van der Waals surface area contributed by atoms with Crippen molar-refractivity contribution in [2.24, 2.45) is 5.92 Å². The van der Waals surface area contributed by atoms with Gasteiger partial charge in [-0.2, -0.15) is 0 Å². The molecule has 2 N–H and O–H groups in total. The summed E-state index contributed by atoms with van der Waals surface area (Å²) in [6, 6.07) is 11.6. The van der Waals surface area contributed by atoms with Crippen LogP contribution in [0.3, 0.4) is 0 Å². The molecule has 1 aromatic carbocycles. The number of pyridine rings is 1. The topological polar surface area (TPSA) is 70.9 Å². The molecule has 1 atom stereocenters. The van der Waals surface area contributed by atoms with Crippen LogP contribution < -0.4 is 5.32 Å². The fourth-order valence-electron chi connectivity index (χ4n) is 2.42. The molecule has 0 aliphatic heterocycles. The minimum Gasteiger partial charge on any atom is -0.394 e. The number of aromatic nitrogens is 3. The summed E-state index contributed by atoms with van der Waals surface area (Å²) >= 11 is 0. The summed E-state index contributed by atoms with van der Waals surface area (Å²) < 4.78 is 0. The highest BCUT2D eigenvalue weighted by molar-refractivity contribution is 5.90. The SMILES string of the molecule is CC(C)C(CO)Nc1nc(-c2ccncc2)nc2ccccc12. The molecule has 0 aliphatic carbocycles. The van der Waals surface area contributed by atoms with E-state index in [1.807, 2.05) is 36.4 Å². The number of hydrogen-bond acceptors (Lipinski definition) is 5. The first-order chi connectivity index (χ1) is 11.2. The van der Waals surface area contributed by atoms with E-state index in [0.29, 0.717) is 5.82 Å². The van der Waals surface area contributed by atoms with Crippen molar-refractivity contribution in [3.05, 3.63) is 48.8 Å². The third-order valence-electron chi connectivity index (χ3n) is 3.87. The summed E-state index contributed by atoms with van der Waals surface area (Å²) in [5, 5.41) is 13.9. The number of nitrogens with one attached hydrogen (secondary N) is 1. The molecule has 3 rings (SSSR count). The largest absolute Gasteiger partial charge is 0.394 e. The Hall–Kier alpha value is -2.53. The summed E-state index contributed by atoms with van der Waals surface area (Å²) in [6.45, 7) is 4.20. The van der Waals surface area contributed by atoms with Gasteiger partial charge in [-0.25, -0.2) is 9.97 Å². The molecule has 23 heavy (non-hydrogen) atoms. The standard InChI is InChI=1S/C18H20N4O/c1-12(2)16(11-23)21-18-14-5-3-4-6-15(14)20-17(22-18)13-7-9-19-10-8-13/h3-10,12,16,23H,11H2,1-2H3,(H,20,21,22). The van der Waals surface area contributed by atoms with Crippen LogP contribution in [0.15, 0.2) is 48.8 Å². The van der Waals surface area contributed by atoms with Gasteiger partial charge in [0, 0.05) is 23.3 Å². The smallest absolute Gasteiger partial charge is 0.162 e. The molecule has 0 bridgehead atoms. The number of benzene rings is 1. The number of anilines is 1. The maximum absolute atomic E-state index is 9.60. The number of para-hydroxylation sites is 1. The zero-order chi connectivity index (χ0) is 16.2. The van der Waals surface area contributed by atoms with Gasteiger partial charge < -0.3 is 10.4 Å². The highest BCUT2D eigenvalue weighted by Gasteiger charge is 2.16. The molecule has 2 heterocycles. The summed E-state index contributed by atoms with van der Waals surface area (Å²) in [6.07, 6.45) is 3.46. The normalized spacial score (nSPS) is 12.5. The van der Waals surface area contributed by atoms with Crippen molar-refractivity contribution < 1.29 is 5.11 Å². The minimum absolute atomic E-state index is 0.0561. The molecule has 0 spiro atoms. The predicted molar refractivity (Wildman–Crippen MR) is 92.1 cm³/mol. The van der Waals surface area contributed by atoms with Crippen molar-refractivity contribution in [3.63, 3.8) is 0 Å². The predicted octanol–water partition coefficient (Wildman–Crippen LogP) is 3.12. The molecule has 2 aromatic heterocycles. The Kier molecular flexibility index (Phi) is 4.48. The average Bonchev–Trinajstić information content (AvgIpc) is 2.59. The quantitative estimate of drug-likeness (QED) is 0.758. The van der Waals surface area contributed by atoms with Crippen molar-refractivity contribution in [1.82, 2.24) is 15.0 Å². The molecule has 0 saturated heterocycles. The maximum Gasteiger partial charge on any atom is 0.162 e. The van der Waals surface area contributed by atoms with E-state index in [0.717, 1.165) is 22.3 Å². The molecule has 118 valence electrons. The number of hydrogen-bond donors (Lipinski definition) is 2. The molecule has 3 aromatic rings. The zero-order valence-corrected chi connectivity index (χ0v) is 13.3. The molecule has 0 saturated carbocycles. The summed E-state index contributed by atoms with van der Waals surface area (Å²) in [4.78, 5) is 13.4. The number of aliphatic hydroxyl groups is 1. The van der Waals surface area contributed by atoms with E-state index in [1.54, 1.807) is 12.4 Å². The van der Waals surface area contributed by atoms with Gasteiger partial charge in [-0.15, -0.1) is 0 Å². The van der Waals surface area contributed by atoms with Gasteiger partial charge in [0.2, 0.25) is 0 Å². The number of fused-ring (bicyclic) bond motifs is 1. The van der Waals surface area contributed by atoms with Crippen LogP contribution in [-0.4, -0.2) is 32.7 Å². The summed E-state index contributed by atoms with van der Waals surface area (Å²) in [7, 11) is 0. The van der Waals surface area contributed by atoms with Crippen LogP contribution in [-0.2, 0) is 0 Å². The monoisotopic (exact) mass is 308 g/mol. The molecular weight excluding hydrogens is 288 g/mol. The van der Waals surface area contributed by atoms with E-state index in [4.69, 9.17) is 0 Å². The second kappa shape index (κ2) is 6.71. The van der Waals surface area contributed by atoms with Crippen molar-refractivity contribution in [2.45, 2.75) is 19.9 Å². The molecule has 0 aliphatic rings. The summed E-state index contributed by atoms with van der Waals surface area (Å²) in [5.41, 5.74) is 1.79. The number of aliphatic hydroxyl groups excluding tert-OH is 1. The van der Waals surface area contributed by atoms with Crippen LogP contribution in [0.25, 0.3) is 22.3 Å². The van der Waals surface area contributed by atoms with Crippen LogP contribution >= 0.6 is 0 Å². The van der Waals surface area contributed by atoms with Gasteiger partial charge in [0.1, 0.15) is 5.82 Å². The first kappa shape index (κ1) is 15.4. The lowest BCUT2D eigenvalue weighted by atomic mass is 10.1. The third-order valence-corrected chi connectivity index (χ3v) is 3.87. The Morgan fingerprint density at radius 1 is 1.04 bits per heavy atom. The van der Waals surface area contributed by atoms with Gasteiger partial charge in [-0.3, -0.25) is 4.98 Å². The van der Waals surface area contributed by atoms with Gasteiger partial charge in [-0.1, -0.05) is 26.0 Å². The van der Waals surface area contributed by atoms with E-state index in [-0.39, 0.29) is 18.6 Å². The van der Waals surface area contributed by atoms with Crippen LogP contribution in [0.4, 0.5) is 5.82 Å². The number of nitrogens with zero attached hydrogens (tertiary/aromatic N) is 3. The van der Waals surface area contributed by atoms with Crippen molar-refractivity contribution in [3.8, 4) is 11.4 Å². The molecular formula is C18H20N4O. The Labute approximate surface area is 135 Å². The Morgan fingerprint density at radius 2 is 1.78 bits per heavy atom. The van der Waals surface area contributed by atoms with E-state index in [9.17, 15) is 5.11 Å². The summed E-state index contributed by atoms with van der Waals surface area (Å²) in [5.74, 6) is 1.68. The van der Waals surface area contributed by atoms with E-state index >= 15 is 0 Å². The lowest BCUT2D eigenvalue weighted by molar-refractivity contribution is 0.249. The molecule has 0 fully saturated rings. The lowest BCUT2D eigenvalue weighted by Crippen LogP contribution is -2.30. The second-order valence-corrected chi connectivity index (χ2v) is 5.83. The molecule has 1 unspecified atom stereocenters. The highest BCUT2D eigenvalue weighted by atomic mass is 16.3. The Bertz CT molecular complexity index is 789. The van der Waals surface area contributed by atoms with Crippen molar-refractivity contribution in [2.75, 3.05) is 11.9 Å². The van der Waals surface area contributed by atoms with Gasteiger partial charge >= 0.3 is 0 Å². The average molecular weight is 308 g/mol. The Balaban J connectivity index is 2.11. The Morgan fingerprint density at radius 3 is 2.48 bits per heavy atom. The van der Waals surface area contributed by atoms with Crippen LogP contribution in [0.2, 0.25) is 0 Å². The number of rotatable bonds is 5. The lowest BCUT2D eigenvalue weighted by Gasteiger charge is -2.21. The maximum atomic E-state index is 9.60. The van der Waals surface area contributed by atoms with Gasteiger partial charge in [0.15, 0.2) is 5.82 Å². The highest BCUT2D eigenvalue weighted by Crippen LogP contribution is 2.25. The zero-order valence-electron chi connectivity index (χ0n) is 13.3. The van der Waals surface area contributed by atoms with Crippen molar-refractivity contribution in [1.29, 1.82) is 0 Å². The first-order valence-electron chi connectivity index (χ1n) is 7.73. The fraction of sp³-hybridized carbons (Fsp3) is 0.278. The first-order valence-corrected chi connectivity index (χ1v) is 7.73. The van der Waals surface area contributed by atoms with Crippen LogP contribution in [0.1, 0.15) is 13.8 Å². The minimum atomic E-state index is -0.0569. The van der Waals surface area contributed by atoms with Crippen LogP contribution in [0.5, 0.6) is 0 Å². The van der Waals surface area contributed by atoms with Crippen molar-refractivity contribution >= 4 is 16.7 Å². The van der Waals surface area contributed by atoms with Gasteiger partial charge in [0.25, 0.3) is 0 Å².